The van der Waals surface area contributed by atoms with Crippen LogP contribution in [0.3, 0.4) is 0 Å². The molecule has 0 bridgehead atoms. The Morgan fingerprint density at radius 1 is 1.17 bits per heavy atom. The summed E-state index contributed by atoms with van der Waals surface area (Å²) >= 11 is 0. The number of anilines is 1. The molecule has 2 N–H and O–H groups in total. The van der Waals surface area contributed by atoms with Gasteiger partial charge in [0.05, 0.1) is 16.5 Å². The van der Waals surface area contributed by atoms with Crippen LogP contribution in [0.4, 0.5) is 19.0 Å². The SMILES string of the molecule is C#Cc1c(F)ccc2cc(O)cc(-c3ncc4c(N5CCCC6(CNC(=O)C6)C5)nc(OC[C@@]56CCCN5C[C@H](F)C6)nc4c3F)c12. The summed E-state index contributed by atoms with van der Waals surface area (Å²) in [5.74, 6) is 1.15. The van der Waals surface area contributed by atoms with E-state index < -0.39 is 23.3 Å². The first-order valence-electron chi connectivity index (χ1n) is 16.0. The zero-order valence-electron chi connectivity index (χ0n) is 25.7. The number of carbonyl (C=O) groups is 1. The Labute approximate surface area is 269 Å². The number of nitrogens with one attached hydrogen (secondary N) is 1. The number of terminal acetylenes is 1. The molecule has 1 unspecified atom stereocenters. The number of phenolic OH excluding ortho intramolecular Hbond substituents is 1. The van der Waals surface area contributed by atoms with E-state index in [4.69, 9.17) is 16.1 Å². The molecule has 4 aliphatic rings. The van der Waals surface area contributed by atoms with Crippen LogP contribution in [-0.4, -0.2) is 81.9 Å². The van der Waals surface area contributed by atoms with E-state index in [1.54, 1.807) is 0 Å². The molecule has 0 aliphatic carbocycles. The minimum atomic E-state index is -0.944. The van der Waals surface area contributed by atoms with Crippen LogP contribution in [0.1, 0.15) is 44.1 Å². The molecular formula is C35H33F3N6O3. The maximum Gasteiger partial charge on any atom is 0.319 e. The van der Waals surface area contributed by atoms with Crippen LogP contribution in [0.2, 0.25) is 0 Å². The lowest BCUT2D eigenvalue weighted by Crippen LogP contribution is -2.45. The van der Waals surface area contributed by atoms with E-state index in [9.17, 15) is 18.7 Å². The van der Waals surface area contributed by atoms with Crippen molar-refractivity contribution in [1.82, 2.24) is 25.2 Å². The van der Waals surface area contributed by atoms with Crippen LogP contribution in [0.25, 0.3) is 32.9 Å². The topological polar surface area (TPSA) is 104 Å². The van der Waals surface area contributed by atoms with Gasteiger partial charge >= 0.3 is 6.01 Å². The summed E-state index contributed by atoms with van der Waals surface area (Å²) in [7, 11) is 0. The number of hydrogen-bond acceptors (Lipinski definition) is 8. The first-order valence-corrected chi connectivity index (χ1v) is 16.0. The van der Waals surface area contributed by atoms with Crippen molar-refractivity contribution in [1.29, 1.82) is 0 Å². The molecule has 0 saturated carbocycles. The Kier molecular flexibility index (Phi) is 6.95. The van der Waals surface area contributed by atoms with Gasteiger partial charge < -0.3 is 20.1 Å². The van der Waals surface area contributed by atoms with Crippen LogP contribution in [0.15, 0.2) is 30.5 Å². The molecule has 1 spiro atoms. The Morgan fingerprint density at radius 2 is 2.02 bits per heavy atom. The fourth-order valence-corrected chi connectivity index (χ4v) is 8.34. The number of carbonyl (C=O) groups excluding carboxylic acids is 1. The zero-order valence-corrected chi connectivity index (χ0v) is 25.7. The molecule has 6 heterocycles. The highest BCUT2D eigenvalue weighted by molar-refractivity contribution is 6.03. The summed E-state index contributed by atoms with van der Waals surface area (Å²) in [5, 5.41) is 14.5. The maximum absolute atomic E-state index is 16.9. The van der Waals surface area contributed by atoms with Gasteiger partial charge in [-0.1, -0.05) is 12.0 Å². The first-order chi connectivity index (χ1) is 22.7. The molecule has 12 heteroatoms. The van der Waals surface area contributed by atoms with Gasteiger partial charge in [-0.15, -0.1) is 6.42 Å². The van der Waals surface area contributed by atoms with Gasteiger partial charge in [-0.25, -0.2) is 13.2 Å². The summed E-state index contributed by atoms with van der Waals surface area (Å²) in [6.07, 6.45) is 10.3. The van der Waals surface area contributed by atoms with Crippen molar-refractivity contribution in [3.63, 3.8) is 0 Å². The van der Waals surface area contributed by atoms with Crippen molar-refractivity contribution in [3.05, 3.63) is 47.7 Å². The molecule has 4 fully saturated rings. The number of fused-ring (bicyclic) bond motifs is 3. The second-order valence-electron chi connectivity index (χ2n) is 13.5. The average molecular weight is 643 g/mol. The van der Waals surface area contributed by atoms with Gasteiger partial charge in [0.1, 0.15) is 41.4 Å². The van der Waals surface area contributed by atoms with Gasteiger partial charge in [0.2, 0.25) is 5.91 Å². The molecule has 4 aromatic rings. The highest BCUT2D eigenvalue weighted by Crippen LogP contribution is 2.43. The van der Waals surface area contributed by atoms with Gasteiger partial charge in [0.15, 0.2) is 5.82 Å². The number of hydrogen-bond donors (Lipinski definition) is 2. The van der Waals surface area contributed by atoms with Gasteiger partial charge in [-0.05, 0) is 55.8 Å². The van der Waals surface area contributed by atoms with Crippen molar-refractivity contribution in [2.75, 3.05) is 44.2 Å². The van der Waals surface area contributed by atoms with Crippen molar-refractivity contribution in [2.45, 2.75) is 50.2 Å². The largest absolute Gasteiger partial charge is 0.508 e. The lowest BCUT2D eigenvalue weighted by molar-refractivity contribution is -0.119. The van der Waals surface area contributed by atoms with Gasteiger partial charge in [-0.3, -0.25) is 14.7 Å². The molecule has 242 valence electrons. The van der Waals surface area contributed by atoms with Crippen LogP contribution in [0.5, 0.6) is 11.8 Å². The van der Waals surface area contributed by atoms with E-state index in [0.717, 1.165) is 32.2 Å². The summed E-state index contributed by atoms with van der Waals surface area (Å²) in [6, 6.07) is 5.34. The Bertz CT molecular complexity index is 2000. The highest BCUT2D eigenvalue weighted by Gasteiger charge is 2.49. The number of pyridine rings is 1. The second kappa shape index (κ2) is 11.0. The minimum absolute atomic E-state index is 0.00462. The summed E-state index contributed by atoms with van der Waals surface area (Å²) in [5.41, 5.74) is -0.954. The second-order valence-corrected chi connectivity index (χ2v) is 13.5. The third kappa shape index (κ3) is 4.90. The predicted octanol–water partition coefficient (Wildman–Crippen LogP) is 4.87. The van der Waals surface area contributed by atoms with E-state index in [-0.39, 0.29) is 57.4 Å². The number of alkyl halides is 1. The Hall–Kier alpha value is -4.63. The number of ether oxygens (including phenoxy) is 1. The van der Waals surface area contributed by atoms with Crippen molar-refractivity contribution >= 4 is 33.4 Å². The number of rotatable bonds is 5. The quantitative estimate of drug-likeness (QED) is 0.298. The zero-order chi connectivity index (χ0) is 32.5. The molecule has 4 saturated heterocycles. The number of amides is 1. The number of nitrogens with zero attached hydrogens (tertiary/aromatic N) is 5. The van der Waals surface area contributed by atoms with Crippen molar-refractivity contribution < 1.29 is 27.8 Å². The summed E-state index contributed by atoms with van der Waals surface area (Å²) < 4.78 is 52.4. The summed E-state index contributed by atoms with van der Waals surface area (Å²) in [6.45, 7) is 2.99. The van der Waals surface area contributed by atoms with E-state index >= 15 is 4.39 Å². The standard InChI is InChI=1S/C35H33F3N6O3/c1-2-23-26(37)6-5-20-11-22(45)12-24(28(20)23)30-29(38)31-25(15-39-30)32(43-9-3-7-34(18-43)14-27(46)40-17-34)42-33(41-31)47-19-35-8-4-10-44(35)16-21(36)13-35/h1,5-6,11-12,15,21,45H,3-4,7-10,13-14,16-19H2,(H,40,46)/t21-,34?,35+/m1/s1. The van der Waals surface area contributed by atoms with E-state index in [0.29, 0.717) is 55.6 Å². The number of benzene rings is 2. The minimum Gasteiger partial charge on any atom is -0.508 e. The lowest BCUT2D eigenvalue weighted by atomic mass is 9.79. The van der Waals surface area contributed by atoms with Gasteiger partial charge in [-0.2, -0.15) is 9.97 Å². The van der Waals surface area contributed by atoms with Gasteiger partial charge in [0, 0.05) is 61.6 Å². The molecule has 2 aromatic carbocycles. The third-order valence-electron chi connectivity index (χ3n) is 10.5. The molecule has 3 atom stereocenters. The molecule has 0 radical (unpaired) electrons. The number of piperidine rings is 1. The smallest absolute Gasteiger partial charge is 0.319 e. The maximum atomic E-state index is 16.9. The number of aromatic hydroxyl groups is 1. The van der Waals surface area contributed by atoms with Crippen LogP contribution < -0.4 is 15.0 Å². The highest BCUT2D eigenvalue weighted by atomic mass is 19.1. The molecule has 2 aromatic heterocycles. The molecular weight excluding hydrogens is 609 g/mol. The Balaban J connectivity index is 1.27. The monoisotopic (exact) mass is 642 g/mol. The fourth-order valence-electron chi connectivity index (χ4n) is 8.34. The van der Waals surface area contributed by atoms with Gasteiger partial charge in [0.25, 0.3) is 0 Å². The van der Waals surface area contributed by atoms with E-state index in [1.165, 1.54) is 30.5 Å². The predicted molar refractivity (Wildman–Crippen MR) is 170 cm³/mol. The number of halogens is 3. The summed E-state index contributed by atoms with van der Waals surface area (Å²) in [4.78, 5) is 30.2. The normalized spacial score (nSPS) is 25.9. The number of phenols is 1. The molecule has 9 nitrogen and oxygen atoms in total. The molecule has 47 heavy (non-hydrogen) atoms. The lowest BCUT2D eigenvalue weighted by Gasteiger charge is -2.40. The van der Waals surface area contributed by atoms with Crippen molar-refractivity contribution in [3.8, 4) is 35.4 Å². The first kappa shape index (κ1) is 29.8. The average Bonchev–Trinajstić information content (AvgIpc) is 3.71. The van der Waals surface area contributed by atoms with Crippen LogP contribution in [-0.2, 0) is 4.79 Å². The van der Waals surface area contributed by atoms with Crippen LogP contribution in [0, 0.1) is 29.4 Å². The number of aromatic nitrogens is 3. The van der Waals surface area contributed by atoms with E-state index in [2.05, 4.69) is 26.1 Å². The third-order valence-corrected chi connectivity index (χ3v) is 10.5. The molecule has 8 rings (SSSR count). The molecule has 1 amide bonds. The fraction of sp³-hybridized carbons (Fsp3) is 0.429. The van der Waals surface area contributed by atoms with Crippen molar-refractivity contribution in [2.24, 2.45) is 5.41 Å². The van der Waals surface area contributed by atoms with Crippen LogP contribution >= 0.6 is 0 Å². The van der Waals surface area contributed by atoms with E-state index in [1.807, 2.05) is 4.90 Å². The molecule has 4 aliphatic heterocycles. The Morgan fingerprint density at radius 3 is 2.83 bits per heavy atom.